The molecule has 0 aromatic rings. The van der Waals surface area contributed by atoms with E-state index >= 15 is 0 Å². The topological polar surface area (TPSA) is 92.4 Å². The Morgan fingerprint density at radius 3 is 1.89 bits per heavy atom. The number of unbranched alkanes of at least 4 members (excludes halogenated alkanes) is 12. The van der Waals surface area contributed by atoms with Crippen molar-refractivity contribution in [2.75, 3.05) is 6.54 Å². The van der Waals surface area contributed by atoms with E-state index in [0.29, 0.717) is 6.54 Å². The van der Waals surface area contributed by atoms with Gasteiger partial charge in [0, 0.05) is 13.0 Å². The normalized spacial score (nSPS) is 12.4. The summed E-state index contributed by atoms with van der Waals surface area (Å²) in [5.74, 6) is -1.16. The third kappa shape index (κ3) is 19.4. The summed E-state index contributed by atoms with van der Waals surface area (Å²) in [6.45, 7) is 2.93. The first kappa shape index (κ1) is 26.6. The van der Waals surface area contributed by atoms with Gasteiger partial charge in [-0.15, -0.1) is 0 Å². The Kier molecular flexibility index (Phi) is 19.4. The molecule has 0 aromatic carbocycles. The molecule has 164 valence electrons. The average Bonchev–Trinajstić information content (AvgIpc) is 2.68. The number of nitrogens with two attached hydrogens (primary N) is 1. The first-order chi connectivity index (χ1) is 13.6. The highest BCUT2D eigenvalue weighted by Crippen LogP contribution is 2.09. The Labute approximate surface area is 172 Å². The predicted molar refractivity (Wildman–Crippen MR) is 117 cm³/mol. The van der Waals surface area contributed by atoms with E-state index < -0.39 is 12.0 Å². The highest BCUT2D eigenvalue weighted by Gasteiger charge is 2.12. The summed E-state index contributed by atoms with van der Waals surface area (Å²) in [6, 6.07) is -0.948. The molecule has 0 aromatic heterocycles. The van der Waals surface area contributed by atoms with Crippen LogP contribution in [0.15, 0.2) is 12.2 Å². The average molecular weight is 397 g/mol. The third-order valence-corrected chi connectivity index (χ3v) is 5.01. The molecule has 28 heavy (non-hydrogen) atoms. The molecular weight excluding hydrogens is 352 g/mol. The molecule has 0 radical (unpaired) electrons. The summed E-state index contributed by atoms with van der Waals surface area (Å²) in [5.41, 5.74) is 5.38. The summed E-state index contributed by atoms with van der Waals surface area (Å²) in [7, 11) is 0. The molecule has 0 spiro atoms. The number of hydrogen-bond donors (Lipinski definition) is 3. The first-order valence-corrected chi connectivity index (χ1v) is 11.5. The lowest BCUT2D eigenvalue weighted by Gasteiger charge is -2.07. The van der Waals surface area contributed by atoms with Gasteiger partial charge in [-0.1, -0.05) is 76.9 Å². The fourth-order valence-corrected chi connectivity index (χ4v) is 3.10. The van der Waals surface area contributed by atoms with E-state index in [1.165, 1.54) is 77.0 Å². The minimum atomic E-state index is -1.05. The molecule has 1 amide bonds. The van der Waals surface area contributed by atoms with E-state index in [1.54, 1.807) is 0 Å². The van der Waals surface area contributed by atoms with Crippen molar-refractivity contribution in [1.82, 2.24) is 5.32 Å². The standard InChI is InChI=1S/C23H44N2O3/c1-2-3-4-5-6-7-8-9-10-11-12-13-14-15-16-17-20-25-22(26)19-18-21(24)23(27)28/h9-10,21H,2-8,11-20,24H2,1H3,(H,25,26)(H,27,28). The van der Waals surface area contributed by atoms with Gasteiger partial charge in [0.2, 0.25) is 5.91 Å². The zero-order valence-corrected chi connectivity index (χ0v) is 18.1. The Bertz CT molecular complexity index is 411. The van der Waals surface area contributed by atoms with Gasteiger partial charge in [-0.05, 0) is 38.5 Å². The molecule has 0 saturated carbocycles. The van der Waals surface area contributed by atoms with Gasteiger partial charge in [-0.3, -0.25) is 9.59 Å². The van der Waals surface area contributed by atoms with Crippen LogP contribution in [0.2, 0.25) is 0 Å². The van der Waals surface area contributed by atoms with E-state index in [2.05, 4.69) is 24.4 Å². The second kappa shape index (κ2) is 20.4. The predicted octanol–water partition coefficient (Wildman–Crippen LogP) is 5.33. The Morgan fingerprint density at radius 1 is 0.857 bits per heavy atom. The van der Waals surface area contributed by atoms with E-state index in [1.807, 2.05) is 0 Å². The summed E-state index contributed by atoms with van der Waals surface area (Å²) in [5, 5.41) is 11.5. The lowest BCUT2D eigenvalue weighted by Crippen LogP contribution is -2.32. The minimum Gasteiger partial charge on any atom is -0.480 e. The van der Waals surface area contributed by atoms with Crippen LogP contribution >= 0.6 is 0 Å². The molecule has 4 N–H and O–H groups in total. The zero-order chi connectivity index (χ0) is 20.9. The molecule has 0 aliphatic rings. The molecule has 0 heterocycles. The van der Waals surface area contributed by atoms with Gasteiger partial charge >= 0.3 is 5.97 Å². The number of allylic oxidation sites excluding steroid dienone is 2. The highest BCUT2D eigenvalue weighted by atomic mass is 16.4. The van der Waals surface area contributed by atoms with Crippen molar-refractivity contribution in [2.45, 2.75) is 116 Å². The lowest BCUT2D eigenvalue weighted by molar-refractivity contribution is -0.138. The van der Waals surface area contributed by atoms with Gasteiger partial charge in [0.15, 0.2) is 0 Å². The number of rotatable bonds is 20. The molecule has 0 saturated heterocycles. The summed E-state index contributed by atoms with van der Waals surface area (Å²) in [6.07, 6.45) is 22.8. The van der Waals surface area contributed by atoms with Crippen molar-refractivity contribution >= 4 is 11.9 Å². The number of hydrogen-bond acceptors (Lipinski definition) is 3. The van der Waals surface area contributed by atoms with E-state index in [-0.39, 0.29) is 18.7 Å². The molecule has 0 bridgehead atoms. The van der Waals surface area contributed by atoms with Crippen LogP contribution in [0.1, 0.15) is 110 Å². The minimum absolute atomic E-state index is 0.107. The maximum Gasteiger partial charge on any atom is 0.320 e. The number of carboxylic acid groups (broad SMARTS) is 1. The van der Waals surface area contributed by atoms with Crippen molar-refractivity contribution in [1.29, 1.82) is 0 Å². The van der Waals surface area contributed by atoms with Crippen LogP contribution < -0.4 is 11.1 Å². The van der Waals surface area contributed by atoms with Gasteiger partial charge in [0.25, 0.3) is 0 Å². The molecule has 5 nitrogen and oxygen atoms in total. The quantitative estimate of drug-likeness (QED) is 0.191. The second-order valence-corrected chi connectivity index (χ2v) is 7.77. The van der Waals surface area contributed by atoms with Crippen LogP contribution in [0, 0.1) is 0 Å². The van der Waals surface area contributed by atoms with Crippen molar-refractivity contribution < 1.29 is 14.7 Å². The summed E-state index contributed by atoms with van der Waals surface area (Å²) >= 11 is 0. The van der Waals surface area contributed by atoms with Crippen LogP contribution in [0.25, 0.3) is 0 Å². The van der Waals surface area contributed by atoms with Crippen molar-refractivity contribution in [2.24, 2.45) is 5.73 Å². The zero-order valence-electron chi connectivity index (χ0n) is 18.1. The Morgan fingerprint density at radius 2 is 1.36 bits per heavy atom. The summed E-state index contributed by atoms with van der Waals surface area (Å²) in [4.78, 5) is 22.1. The van der Waals surface area contributed by atoms with Crippen molar-refractivity contribution in [3.05, 3.63) is 12.2 Å². The number of amides is 1. The molecule has 0 aliphatic carbocycles. The van der Waals surface area contributed by atoms with Gasteiger partial charge in [-0.2, -0.15) is 0 Å². The molecule has 0 fully saturated rings. The molecule has 0 aliphatic heterocycles. The van der Waals surface area contributed by atoms with E-state index in [0.717, 1.165) is 12.8 Å². The van der Waals surface area contributed by atoms with Crippen LogP contribution in [0.3, 0.4) is 0 Å². The molecular formula is C23H44N2O3. The van der Waals surface area contributed by atoms with Crippen LogP contribution in [-0.2, 0) is 9.59 Å². The summed E-state index contributed by atoms with van der Waals surface area (Å²) < 4.78 is 0. The Balaban J connectivity index is 3.26. The number of aliphatic carboxylic acids is 1. The smallest absolute Gasteiger partial charge is 0.320 e. The van der Waals surface area contributed by atoms with Crippen LogP contribution in [0.4, 0.5) is 0 Å². The number of carbonyl (C=O) groups is 2. The number of nitrogens with one attached hydrogen (secondary N) is 1. The number of carbonyl (C=O) groups excluding carboxylic acids is 1. The lowest BCUT2D eigenvalue weighted by atomic mass is 10.1. The molecule has 0 rings (SSSR count). The highest BCUT2D eigenvalue weighted by molar-refractivity contribution is 5.78. The largest absolute Gasteiger partial charge is 0.480 e. The van der Waals surface area contributed by atoms with Crippen molar-refractivity contribution in [3.63, 3.8) is 0 Å². The fourth-order valence-electron chi connectivity index (χ4n) is 3.10. The van der Waals surface area contributed by atoms with E-state index in [9.17, 15) is 9.59 Å². The molecule has 5 heteroatoms. The van der Waals surface area contributed by atoms with Crippen molar-refractivity contribution in [3.8, 4) is 0 Å². The molecule has 1 atom stereocenters. The monoisotopic (exact) mass is 396 g/mol. The third-order valence-electron chi connectivity index (χ3n) is 5.01. The first-order valence-electron chi connectivity index (χ1n) is 11.5. The van der Waals surface area contributed by atoms with Gasteiger partial charge in [0.1, 0.15) is 6.04 Å². The number of carboxylic acids is 1. The van der Waals surface area contributed by atoms with E-state index in [4.69, 9.17) is 10.8 Å². The van der Waals surface area contributed by atoms with Crippen LogP contribution in [0.5, 0.6) is 0 Å². The SMILES string of the molecule is CCCCCCCCC=CCCCCCCCCNC(=O)CCC(N)C(=O)O. The van der Waals surface area contributed by atoms with Crippen LogP contribution in [-0.4, -0.2) is 29.6 Å². The second-order valence-electron chi connectivity index (χ2n) is 7.77. The Hall–Kier alpha value is -1.36. The fraction of sp³-hybridized carbons (Fsp3) is 0.826. The van der Waals surface area contributed by atoms with Gasteiger partial charge < -0.3 is 16.2 Å². The maximum absolute atomic E-state index is 11.6. The van der Waals surface area contributed by atoms with Gasteiger partial charge in [-0.25, -0.2) is 0 Å². The molecule has 1 unspecified atom stereocenters. The van der Waals surface area contributed by atoms with Gasteiger partial charge in [0.05, 0.1) is 0 Å². The maximum atomic E-state index is 11.6.